The lowest BCUT2D eigenvalue weighted by atomic mass is 9.43. The van der Waals surface area contributed by atoms with Gasteiger partial charge in [-0.2, -0.15) is 13.1 Å². The first-order valence-electron chi connectivity index (χ1n) is 12.3. The van der Waals surface area contributed by atoms with Gasteiger partial charge >= 0.3 is 22.2 Å². The molecule has 0 amide bonds. The van der Waals surface area contributed by atoms with Crippen LogP contribution in [0.25, 0.3) is 0 Å². The number of rotatable bonds is 4. The second kappa shape index (κ2) is 8.62. The van der Waals surface area contributed by atoms with Gasteiger partial charge in [-0.15, -0.1) is 0 Å². The Morgan fingerprint density at radius 1 is 1.20 bits per heavy atom. The molecule has 35 heavy (non-hydrogen) atoms. The van der Waals surface area contributed by atoms with Crippen LogP contribution in [0.3, 0.4) is 0 Å². The molecule has 3 aliphatic carbocycles. The van der Waals surface area contributed by atoms with E-state index < -0.39 is 75.1 Å². The van der Waals surface area contributed by atoms with Crippen molar-refractivity contribution in [2.75, 3.05) is 13.2 Å². The van der Waals surface area contributed by atoms with Crippen LogP contribution < -0.4 is 4.72 Å². The summed E-state index contributed by atoms with van der Waals surface area (Å²) in [7, 11) is -3.98. The lowest BCUT2D eigenvalue weighted by Gasteiger charge is -2.63. The van der Waals surface area contributed by atoms with Crippen LogP contribution >= 0.6 is 0 Å². The number of hydrogen-bond donors (Lipinski definition) is 1. The third-order valence-electron chi connectivity index (χ3n) is 9.54. The SMILES string of the molecule is CC[C@]1(C)C[C@@H](OC(=O)COC(C)=O)[C@]2(C)[C@@H]3CNS(=O)(=O)O[C@H]3C[C@]3(CCC(=O)[C@H]32)[C@@H](C)C1=O. The van der Waals surface area contributed by atoms with Crippen LogP contribution in [0.5, 0.6) is 0 Å². The second-order valence-electron chi connectivity index (χ2n) is 11.2. The molecule has 0 unspecified atom stereocenters. The van der Waals surface area contributed by atoms with E-state index in [0.717, 1.165) is 0 Å². The fourth-order valence-electron chi connectivity index (χ4n) is 7.55. The van der Waals surface area contributed by atoms with Crippen molar-refractivity contribution in [3.05, 3.63) is 0 Å². The molecule has 0 aromatic rings. The minimum Gasteiger partial charge on any atom is -0.459 e. The molecule has 0 spiro atoms. The van der Waals surface area contributed by atoms with Crippen molar-refractivity contribution >= 4 is 33.8 Å². The molecule has 11 heteroatoms. The van der Waals surface area contributed by atoms with Crippen molar-refractivity contribution in [1.29, 1.82) is 0 Å². The summed E-state index contributed by atoms with van der Waals surface area (Å²) in [6.07, 6.45) is 0.0232. The summed E-state index contributed by atoms with van der Waals surface area (Å²) >= 11 is 0. The molecule has 4 aliphatic rings. The van der Waals surface area contributed by atoms with Gasteiger partial charge in [0.15, 0.2) is 6.61 Å². The van der Waals surface area contributed by atoms with Gasteiger partial charge in [-0.3, -0.25) is 18.6 Å². The number of fused-ring (bicyclic) bond motifs is 2. The molecule has 1 saturated heterocycles. The molecule has 2 bridgehead atoms. The van der Waals surface area contributed by atoms with Gasteiger partial charge in [0, 0.05) is 48.5 Å². The minimum absolute atomic E-state index is 0.000155. The number of esters is 2. The van der Waals surface area contributed by atoms with Gasteiger partial charge < -0.3 is 9.47 Å². The smallest absolute Gasteiger partial charge is 0.344 e. The molecule has 0 aromatic carbocycles. The number of carbonyl (C=O) groups is 4. The first-order chi connectivity index (χ1) is 16.2. The molecule has 0 aromatic heterocycles. The zero-order valence-electron chi connectivity index (χ0n) is 20.9. The average Bonchev–Trinajstić information content (AvgIpc) is 3.12. The summed E-state index contributed by atoms with van der Waals surface area (Å²) in [5, 5.41) is 0. The summed E-state index contributed by atoms with van der Waals surface area (Å²) < 4.78 is 43.4. The molecule has 4 rings (SSSR count). The van der Waals surface area contributed by atoms with Crippen LogP contribution in [0.15, 0.2) is 0 Å². The van der Waals surface area contributed by atoms with Crippen molar-refractivity contribution in [3.8, 4) is 0 Å². The predicted molar refractivity (Wildman–Crippen MR) is 122 cm³/mol. The third-order valence-corrected chi connectivity index (χ3v) is 10.6. The van der Waals surface area contributed by atoms with Gasteiger partial charge in [-0.25, -0.2) is 4.79 Å². The normalized spacial score (nSPS) is 44.4. The fourth-order valence-corrected chi connectivity index (χ4v) is 8.53. The number of ketones is 2. The Hall–Kier alpha value is -1.85. The van der Waals surface area contributed by atoms with Gasteiger partial charge in [0.25, 0.3) is 0 Å². The van der Waals surface area contributed by atoms with Gasteiger partial charge in [0.05, 0.1) is 6.10 Å². The van der Waals surface area contributed by atoms with Gasteiger partial charge in [-0.1, -0.05) is 27.7 Å². The molecule has 0 radical (unpaired) electrons. The van der Waals surface area contributed by atoms with Crippen molar-refractivity contribution in [2.45, 2.75) is 78.9 Å². The van der Waals surface area contributed by atoms with E-state index in [0.29, 0.717) is 12.8 Å². The summed E-state index contributed by atoms with van der Waals surface area (Å²) in [6, 6.07) is 0. The predicted octanol–water partition coefficient (Wildman–Crippen LogP) is 1.71. The molecule has 8 atom stereocenters. The molecule has 10 nitrogen and oxygen atoms in total. The summed E-state index contributed by atoms with van der Waals surface area (Å²) in [6.45, 7) is 8.13. The van der Waals surface area contributed by atoms with E-state index in [9.17, 15) is 27.6 Å². The fraction of sp³-hybridized carbons (Fsp3) is 0.833. The highest BCUT2D eigenvalue weighted by Gasteiger charge is 2.72. The highest BCUT2D eigenvalue weighted by atomic mass is 32.2. The van der Waals surface area contributed by atoms with E-state index in [1.807, 2.05) is 27.7 Å². The van der Waals surface area contributed by atoms with Gasteiger partial charge in [0.2, 0.25) is 0 Å². The van der Waals surface area contributed by atoms with Crippen LogP contribution in [0, 0.1) is 34.0 Å². The van der Waals surface area contributed by atoms with Crippen LogP contribution in [0.2, 0.25) is 0 Å². The maximum absolute atomic E-state index is 13.9. The van der Waals surface area contributed by atoms with Crippen molar-refractivity contribution in [1.82, 2.24) is 4.72 Å². The number of hydrogen-bond acceptors (Lipinski definition) is 9. The molecule has 1 N–H and O–H groups in total. The van der Waals surface area contributed by atoms with Crippen molar-refractivity contribution in [2.24, 2.45) is 34.0 Å². The lowest BCUT2D eigenvalue weighted by Crippen LogP contribution is -2.69. The van der Waals surface area contributed by atoms with Crippen molar-refractivity contribution < 1.29 is 41.3 Å². The van der Waals surface area contributed by atoms with Crippen LogP contribution in [0.4, 0.5) is 0 Å². The topological polar surface area (TPSA) is 142 Å². The van der Waals surface area contributed by atoms with Crippen LogP contribution in [-0.4, -0.2) is 57.3 Å². The van der Waals surface area contributed by atoms with E-state index in [1.165, 1.54) is 6.92 Å². The van der Waals surface area contributed by atoms with Crippen molar-refractivity contribution in [3.63, 3.8) is 0 Å². The molecule has 3 saturated carbocycles. The Balaban J connectivity index is 1.88. The Morgan fingerprint density at radius 2 is 1.89 bits per heavy atom. The van der Waals surface area contributed by atoms with E-state index in [-0.39, 0.29) is 37.4 Å². The third kappa shape index (κ3) is 4.03. The summed E-state index contributed by atoms with van der Waals surface area (Å²) in [4.78, 5) is 51.5. The highest BCUT2D eigenvalue weighted by Crippen LogP contribution is 2.68. The number of carbonyl (C=O) groups excluding carboxylic acids is 4. The number of ether oxygens (including phenoxy) is 2. The molecule has 196 valence electrons. The summed E-state index contributed by atoms with van der Waals surface area (Å²) in [5.74, 6) is -2.98. The number of Topliss-reactive ketones (excluding diaryl/α,β-unsaturated/α-hetero) is 2. The molecule has 4 fully saturated rings. The minimum atomic E-state index is -3.98. The van der Waals surface area contributed by atoms with Crippen LogP contribution in [0.1, 0.15) is 66.7 Å². The Labute approximate surface area is 206 Å². The monoisotopic (exact) mass is 513 g/mol. The average molecular weight is 514 g/mol. The second-order valence-corrected chi connectivity index (χ2v) is 12.6. The Bertz CT molecular complexity index is 1060. The Kier molecular flexibility index (Phi) is 6.46. The molecule has 1 aliphatic heterocycles. The Morgan fingerprint density at radius 3 is 2.51 bits per heavy atom. The highest BCUT2D eigenvalue weighted by molar-refractivity contribution is 7.84. The van der Waals surface area contributed by atoms with E-state index in [4.69, 9.17) is 13.7 Å². The first kappa shape index (κ1) is 26.2. The standard InChI is InChI=1S/C24H35NO9S/c1-6-22(4)10-18(33-19(28)12-32-14(3)26)23(5)15-11-25-35(30,31)34-17(15)9-24(13(2)21(22)29)8-7-16(27)20(23)24/h13,15,17-18,20,25H,6-12H2,1-5H3/t13-,15+,17-,18+,20-,22+,23-,24+/m0/s1. The molecular formula is C24H35NO9S. The van der Waals surface area contributed by atoms with Gasteiger partial charge in [0.1, 0.15) is 17.7 Å². The molecular weight excluding hydrogens is 478 g/mol. The first-order valence-corrected chi connectivity index (χ1v) is 13.7. The summed E-state index contributed by atoms with van der Waals surface area (Å²) in [5.41, 5.74) is -2.62. The maximum atomic E-state index is 13.9. The van der Waals surface area contributed by atoms with Gasteiger partial charge in [-0.05, 0) is 31.1 Å². The number of nitrogens with one attached hydrogen (secondary N) is 1. The van der Waals surface area contributed by atoms with Crippen LogP contribution in [-0.2, 0) is 43.1 Å². The van der Waals surface area contributed by atoms with E-state index in [2.05, 4.69) is 4.72 Å². The maximum Gasteiger partial charge on any atom is 0.344 e. The lowest BCUT2D eigenvalue weighted by molar-refractivity contribution is -0.213. The zero-order valence-corrected chi connectivity index (χ0v) is 21.7. The quantitative estimate of drug-likeness (QED) is 0.556. The molecule has 1 heterocycles. The van der Waals surface area contributed by atoms with E-state index in [1.54, 1.807) is 0 Å². The largest absolute Gasteiger partial charge is 0.459 e. The zero-order chi connectivity index (χ0) is 26.0. The van der Waals surface area contributed by atoms with E-state index >= 15 is 0 Å².